The summed E-state index contributed by atoms with van der Waals surface area (Å²) in [7, 11) is 0. The standard InChI is InChI=1S/C19H27NO3.C2H6O/c1-13(2)15-8-10-16(11-9-15)18(21)20-17(19(22)23)12-14-6-4-3-5-7-14;1-2-3/h3-7,13,15-17H,8-12H2,1-2H3,(H,20,21)(H,22,23);3H,2H2,1H3/t15-,16-,17-;/m1./s1. The Hall–Kier alpha value is -1.88. The van der Waals surface area contributed by atoms with Crippen LogP contribution in [0.3, 0.4) is 0 Å². The summed E-state index contributed by atoms with van der Waals surface area (Å²) in [6, 6.07) is 8.57. The number of carbonyl (C=O) groups excluding carboxylic acids is 1. The summed E-state index contributed by atoms with van der Waals surface area (Å²) in [5, 5.41) is 19.7. The van der Waals surface area contributed by atoms with Crippen molar-refractivity contribution in [3.8, 4) is 0 Å². The second kappa shape index (κ2) is 11.7. The zero-order valence-electron chi connectivity index (χ0n) is 16.1. The molecule has 0 aliphatic heterocycles. The van der Waals surface area contributed by atoms with E-state index in [9.17, 15) is 14.7 Å². The Morgan fingerprint density at radius 1 is 1.12 bits per heavy atom. The first kappa shape index (κ1) is 22.2. The van der Waals surface area contributed by atoms with Gasteiger partial charge < -0.3 is 15.5 Å². The fraction of sp³-hybridized carbons (Fsp3) is 0.619. The van der Waals surface area contributed by atoms with E-state index in [1.165, 1.54) is 0 Å². The Kier molecular flexibility index (Phi) is 9.96. The van der Waals surface area contributed by atoms with Gasteiger partial charge in [0.25, 0.3) is 0 Å². The summed E-state index contributed by atoms with van der Waals surface area (Å²) < 4.78 is 0. The smallest absolute Gasteiger partial charge is 0.326 e. The monoisotopic (exact) mass is 363 g/mol. The molecule has 0 spiro atoms. The van der Waals surface area contributed by atoms with E-state index >= 15 is 0 Å². The molecule has 1 atom stereocenters. The van der Waals surface area contributed by atoms with Gasteiger partial charge in [0.2, 0.25) is 5.91 Å². The van der Waals surface area contributed by atoms with E-state index in [2.05, 4.69) is 19.2 Å². The van der Waals surface area contributed by atoms with Crippen LogP contribution in [0.1, 0.15) is 52.0 Å². The highest BCUT2D eigenvalue weighted by atomic mass is 16.4. The quantitative estimate of drug-likeness (QED) is 0.724. The summed E-state index contributed by atoms with van der Waals surface area (Å²) in [5.41, 5.74) is 0.920. The van der Waals surface area contributed by atoms with Crippen molar-refractivity contribution < 1.29 is 19.8 Å². The van der Waals surface area contributed by atoms with Crippen LogP contribution >= 0.6 is 0 Å². The van der Waals surface area contributed by atoms with Crippen LogP contribution in [-0.4, -0.2) is 34.7 Å². The molecule has 1 aromatic carbocycles. The number of nitrogens with one attached hydrogen (secondary N) is 1. The molecular weight excluding hydrogens is 330 g/mol. The lowest BCUT2D eigenvalue weighted by atomic mass is 9.76. The number of carbonyl (C=O) groups is 2. The maximum atomic E-state index is 12.4. The van der Waals surface area contributed by atoms with Crippen molar-refractivity contribution in [2.24, 2.45) is 17.8 Å². The lowest BCUT2D eigenvalue weighted by molar-refractivity contribution is -0.142. The van der Waals surface area contributed by atoms with Gasteiger partial charge >= 0.3 is 5.97 Å². The first-order valence-electron chi connectivity index (χ1n) is 9.56. The molecule has 1 fully saturated rings. The zero-order chi connectivity index (χ0) is 19.5. The highest BCUT2D eigenvalue weighted by Gasteiger charge is 2.30. The topological polar surface area (TPSA) is 86.6 Å². The Balaban J connectivity index is 0.00000105. The molecule has 0 saturated heterocycles. The number of benzene rings is 1. The van der Waals surface area contributed by atoms with Gasteiger partial charge in [0.15, 0.2) is 0 Å². The molecule has 1 amide bonds. The molecule has 1 aromatic rings. The van der Waals surface area contributed by atoms with E-state index in [1.807, 2.05) is 30.3 Å². The second-order valence-electron chi connectivity index (χ2n) is 7.26. The highest BCUT2D eigenvalue weighted by Crippen LogP contribution is 2.33. The minimum Gasteiger partial charge on any atom is -0.480 e. The maximum absolute atomic E-state index is 12.4. The first-order valence-corrected chi connectivity index (χ1v) is 9.56. The third-order valence-corrected chi connectivity index (χ3v) is 4.98. The van der Waals surface area contributed by atoms with Crippen molar-refractivity contribution in [2.75, 3.05) is 6.61 Å². The molecule has 0 unspecified atom stereocenters. The lowest BCUT2D eigenvalue weighted by Gasteiger charge is -2.30. The van der Waals surface area contributed by atoms with E-state index in [-0.39, 0.29) is 18.4 Å². The number of aliphatic hydroxyl groups is 1. The number of aliphatic carboxylic acids is 1. The molecule has 26 heavy (non-hydrogen) atoms. The molecule has 146 valence electrons. The number of aliphatic hydroxyl groups excluding tert-OH is 1. The van der Waals surface area contributed by atoms with Crippen molar-refractivity contribution in [3.63, 3.8) is 0 Å². The van der Waals surface area contributed by atoms with E-state index in [0.29, 0.717) is 18.3 Å². The lowest BCUT2D eigenvalue weighted by Crippen LogP contribution is -2.45. The molecule has 0 radical (unpaired) electrons. The number of carboxylic acids is 1. The van der Waals surface area contributed by atoms with Crippen LogP contribution in [0, 0.1) is 17.8 Å². The minimum atomic E-state index is -0.974. The number of carboxylic acid groups (broad SMARTS) is 1. The molecule has 0 aromatic heterocycles. The predicted octanol–water partition coefficient (Wildman–Crippen LogP) is 3.26. The summed E-state index contributed by atoms with van der Waals surface area (Å²) in [5.74, 6) is 0.235. The number of rotatable bonds is 6. The van der Waals surface area contributed by atoms with E-state index < -0.39 is 12.0 Å². The molecule has 1 aliphatic rings. The van der Waals surface area contributed by atoms with Crippen LogP contribution in [0.4, 0.5) is 0 Å². The average Bonchev–Trinajstić information content (AvgIpc) is 2.62. The summed E-state index contributed by atoms with van der Waals surface area (Å²) in [6.07, 6.45) is 4.18. The maximum Gasteiger partial charge on any atom is 0.326 e. The second-order valence-corrected chi connectivity index (χ2v) is 7.26. The number of hydrogen-bond acceptors (Lipinski definition) is 3. The Bertz CT molecular complexity index is 536. The van der Waals surface area contributed by atoms with Crippen molar-refractivity contribution >= 4 is 11.9 Å². The third kappa shape index (κ3) is 7.56. The van der Waals surface area contributed by atoms with Gasteiger partial charge in [0.05, 0.1) is 0 Å². The van der Waals surface area contributed by atoms with E-state index in [0.717, 1.165) is 31.2 Å². The molecule has 5 nitrogen and oxygen atoms in total. The van der Waals surface area contributed by atoms with E-state index in [4.69, 9.17) is 5.11 Å². The SMILES string of the molecule is CC(C)[C@H]1CC[C@H](C(=O)N[C@H](Cc2ccccc2)C(=O)O)CC1.CCO. The third-order valence-electron chi connectivity index (χ3n) is 4.98. The highest BCUT2D eigenvalue weighted by molar-refractivity contribution is 5.85. The van der Waals surface area contributed by atoms with Gasteiger partial charge in [-0.25, -0.2) is 4.79 Å². The fourth-order valence-electron chi connectivity index (χ4n) is 3.39. The van der Waals surface area contributed by atoms with Crippen LogP contribution in [0.5, 0.6) is 0 Å². The number of amides is 1. The largest absolute Gasteiger partial charge is 0.480 e. The van der Waals surface area contributed by atoms with Crippen LogP contribution in [0.25, 0.3) is 0 Å². The molecule has 2 rings (SSSR count). The van der Waals surface area contributed by atoms with Gasteiger partial charge in [0.1, 0.15) is 6.04 Å². The number of hydrogen-bond donors (Lipinski definition) is 3. The van der Waals surface area contributed by atoms with Gasteiger partial charge in [-0.15, -0.1) is 0 Å². The van der Waals surface area contributed by atoms with Crippen LogP contribution in [0.2, 0.25) is 0 Å². The molecule has 1 saturated carbocycles. The van der Waals surface area contributed by atoms with Crippen LogP contribution in [0.15, 0.2) is 30.3 Å². The fourth-order valence-corrected chi connectivity index (χ4v) is 3.39. The van der Waals surface area contributed by atoms with Gasteiger partial charge in [-0.2, -0.15) is 0 Å². The van der Waals surface area contributed by atoms with Crippen molar-refractivity contribution in [1.82, 2.24) is 5.32 Å². The zero-order valence-corrected chi connectivity index (χ0v) is 16.1. The molecule has 0 heterocycles. The van der Waals surface area contributed by atoms with Gasteiger partial charge in [-0.05, 0) is 50.0 Å². The van der Waals surface area contributed by atoms with Crippen LogP contribution < -0.4 is 5.32 Å². The van der Waals surface area contributed by atoms with Gasteiger partial charge in [-0.1, -0.05) is 44.2 Å². The normalized spacial score (nSPS) is 20.7. The van der Waals surface area contributed by atoms with E-state index in [1.54, 1.807) is 6.92 Å². The Morgan fingerprint density at radius 3 is 2.12 bits per heavy atom. The first-order chi connectivity index (χ1) is 12.4. The molecule has 5 heteroatoms. The van der Waals surface area contributed by atoms with Crippen LogP contribution in [-0.2, 0) is 16.0 Å². The van der Waals surface area contributed by atoms with Crippen molar-refractivity contribution in [2.45, 2.75) is 58.9 Å². The summed E-state index contributed by atoms with van der Waals surface area (Å²) >= 11 is 0. The Labute approximate surface area is 156 Å². The summed E-state index contributed by atoms with van der Waals surface area (Å²) in [6.45, 7) is 6.39. The predicted molar refractivity (Wildman–Crippen MR) is 103 cm³/mol. The molecule has 0 bridgehead atoms. The van der Waals surface area contributed by atoms with Gasteiger partial charge in [-0.3, -0.25) is 4.79 Å². The minimum absolute atomic E-state index is 0.0392. The molecule has 3 N–H and O–H groups in total. The average molecular weight is 363 g/mol. The Morgan fingerprint density at radius 2 is 1.65 bits per heavy atom. The van der Waals surface area contributed by atoms with Gasteiger partial charge in [0, 0.05) is 18.9 Å². The van der Waals surface area contributed by atoms with Crippen molar-refractivity contribution in [1.29, 1.82) is 0 Å². The summed E-state index contributed by atoms with van der Waals surface area (Å²) in [4.78, 5) is 23.9. The molecular formula is C21H33NO4. The van der Waals surface area contributed by atoms with Crippen molar-refractivity contribution in [3.05, 3.63) is 35.9 Å². The molecule has 1 aliphatic carbocycles.